The van der Waals surface area contributed by atoms with Gasteiger partial charge in [0.15, 0.2) is 11.6 Å². The van der Waals surface area contributed by atoms with Crippen molar-refractivity contribution in [3.8, 4) is 0 Å². The van der Waals surface area contributed by atoms with Crippen LogP contribution in [-0.4, -0.2) is 22.6 Å². The topological polar surface area (TPSA) is 71.4 Å². The van der Waals surface area contributed by atoms with Crippen LogP contribution >= 0.6 is 12.4 Å². The van der Waals surface area contributed by atoms with Gasteiger partial charge in [-0.25, -0.2) is 4.79 Å². The molecule has 0 saturated heterocycles. The van der Waals surface area contributed by atoms with Gasteiger partial charge in [0.2, 0.25) is 0 Å². The molecule has 2 aromatic carbocycles. The SMILES string of the molecule is Cl.O=C(O)c1cccc2c1C(=O)c1ccccc1C2=O. The van der Waals surface area contributed by atoms with Gasteiger partial charge in [-0.2, -0.15) is 0 Å². The van der Waals surface area contributed by atoms with Crippen molar-refractivity contribution in [1.29, 1.82) is 0 Å². The number of carboxylic acid groups (broad SMARTS) is 1. The first-order valence-electron chi connectivity index (χ1n) is 5.66. The molecule has 0 bridgehead atoms. The molecule has 1 aliphatic carbocycles. The number of fused-ring (bicyclic) bond motifs is 2. The molecule has 2 aromatic rings. The minimum absolute atomic E-state index is 0. The zero-order valence-corrected chi connectivity index (χ0v) is 10.9. The lowest BCUT2D eigenvalue weighted by atomic mass is 9.82. The Morgan fingerprint density at radius 2 is 1.35 bits per heavy atom. The summed E-state index contributed by atoms with van der Waals surface area (Å²) in [5.41, 5.74) is 0.587. The van der Waals surface area contributed by atoms with Crippen molar-refractivity contribution in [3.63, 3.8) is 0 Å². The summed E-state index contributed by atoms with van der Waals surface area (Å²) in [7, 11) is 0. The average molecular weight is 289 g/mol. The Morgan fingerprint density at radius 1 is 0.800 bits per heavy atom. The standard InChI is InChI=1S/C15H8O4.ClH/c16-13-8-4-1-2-5-9(8)14(17)12-10(13)6-3-7-11(12)15(18)19;/h1-7H,(H,18,19);1H. The summed E-state index contributed by atoms with van der Waals surface area (Å²) in [6, 6.07) is 10.7. The number of carboxylic acids is 1. The van der Waals surface area contributed by atoms with Crippen molar-refractivity contribution in [2.45, 2.75) is 0 Å². The van der Waals surface area contributed by atoms with Gasteiger partial charge in [0.05, 0.1) is 5.56 Å². The summed E-state index contributed by atoms with van der Waals surface area (Å²) in [5, 5.41) is 9.13. The third kappa shape index (κ3) is 1.82. The first-order valence-corrected chi connectivity index (χ1v) is 5.66. The van der Waals surface area contributed by atoms with E-state index < -0.39 is 11.8 Å². The Kier molecular flexibility index (Phi) is 3.42. The monoisotopic (exact) mass is 288 g/mol. The van der Waals surface area contributed by atoms with Gasteiger partial charge < -0.3 is 5.11 Å². The molecular formula is C15H9ClO4. The molecular weight excluding hydrogens is 280 g/mol. The lowest BCUT2D eigenvalue weighted by Crippen LogP contribution is -2.23. The molecule has 100 valence electrons. The smallest absolute Gasteiger partial charge is 0.336 e. The Hall–Kier alpha value is -2.46. The maximum absolute atomic E-state index is 12.4. The maximum Gasteiger partial charge on any atom is 0.336 e. The third-order valence-electron chi connectivity index (χ3n) is 3.18. The summed E-state index contributed by atoms with van der Waals surface area (Å²) in [6.07, 6.45) is 0. The van der Waals surface area contributed by atoms with E-state index in [1.807, 2.05) is 0 Å². The number of hydrogen-bond donors (Lipinski definition) is 1. The molecule has 0 radical (unpaired) electrons. The average Bonchev–Trinajstić information content (AvgIpc) is 2.44. The fraction of sp³-hybridized carbons (Fsp3) is 0. The van der Waals surface area contributed by atoms with Gasteiger partial charge in [-0.05, 0) is 6.07 Å². The van der Waals surface area contributed by atoms with Gasteiger partial charge in [-0.3, -0.25) is 9.59 Å². The van der Waals surface area contributed by atoms with Crippen LogP contribution < -0.4 is 0 Å². The second-order valence-corrected chi connectivity index (χ2v) is 4.24. The first-order chi connectivity index (χ1) is 9.11. The van der Waals surface area contributed by atoms with Crippen molar-refractivity contribution >= 4 is 29.9 Å². The van der Waals surface area contributed by atoms with E-state index in [0.29, 0.717) is 5.56 Å². The number of halogens is 1. The maximum atomic E-state index is 12.4. The zero-order valence-electron chi connectivity index (χ0n) is 10.1. The second-order valence-electron chi connectivity index (χ2n) is 4.24. The van der Waals surface area contributed by atoms with E-state index in [9.17, 15) is 14.4 Å². The quantitative estimate of drug-likeness (QED) is 0.747. The van der Waals surface area contributed by atoms with Gasteiger partial charge in [0, 0.05) is 22.3 Å². The lowest BCUT2D eigenvalue weighted by molar-refractivity contribution is 0.0692. The van der Waals surface area contributed by atoms with E-state index in [0.717, 1.165) is 0 Å². The Labute approximate surface area is 120 Å². The van der Waals surface area contributed by atoms with Gasteiger partial charge in [0.1, 0.15) is 0 Å². The highest BCUT2D eigenvalue weighted by Crippen LogP contribution is 2.29. The van der Waals surface area contributed by atoms with Gasteiger partial charge >= 0.3 is 5.97 Å². The van der Waals surface area contributed by atoms with Crippen LogP contribution in [0.3, 0.4) is 0 Å². The van der Waals surface area contributed by atoms with Crippen LogP contribution in [0.2, 0.25) is 0 Å². The molecule has 0 spiro atoms. The van der Waals surface area contributed by atoms with E-state index >= 15 is 0 Å². The highest BCUT2D eigenvalue weighted by molar-refractivity contribution is 6.30. The molecule has 0 saturated carbocycles. The summed E-state index contributed by atoms with van der Waals surface area (Å²) >= 11 is 0. The molecule has 20 heavy (non-hydrogen) atoms. The minimum Gasteiger partial charge on any atom is -0.478 e. The van der Waals surface area contributed by atoms with Crippen molar-refractivity contribution in [2.75, 3.05) is 0 Å². The van der Waals surface area contributed by atoms with Crippen molar-refractivity contribution in [3.05, 3.63) is 70.3 Å². The second kappa shape index (κ2) is 4.90. The molecule has 1 aliphatic rings. The molecule has 0 unspecified atom stereocenters. The molecule has 0 aliphatic heterocycles. The summed E-state index contributed by atoms with van der Waals surface area (Å²) < 4.78 is 0. The molecule has 0 amide bonds. The van der Waals surface area contributed by atoms with Crippen LogP contribution in [0.15, 0.2) is 42.5 Å². The normalized spacial score (nSPS) is 12.2. The van der Waals surface area contributed by atoms with Gasteiger partial charge in [-0.1, -0.05) is 36.4 Å². The predicted octanol–water partition coefficient (Wildman–Crippen LogP) is 2.58. The number of hydrogen-bond acceptors (Lipinski definition) is 3. The van der Waals surface area contributed by atoms with E-state index in [1.165, 1.54) is 24.3 Å². The number of benzene rings is 2. The fourth-order valence-corrected chi connectivity index (χ4v) is 2.32. The number of rotatable bonds is 1. The molecule has 0 heterocycles. The molecule has 0 aromatic heterocycles. The lowest BCUT2D eigenvalue weighted by Gasteiger charge is -2.18. The summed E-state index contributed by atoms with van der Waals surface area (Å²) in [6.45, 7) is 0. The highest BCUT2D eigenvalue weighted by Gasteiger charge is 2.32. The minimum atomic E-state index is -1.21. The predicted molar refractivity (Wildman–Crippen MR) is 74.0 cm³/mol. The van der Waals surface area contributed by atoms with E-state index in [1.54, 1.807) is 18.2 Å². The molecule has 0 atom stereocenters. The van der Waals surface area contributed by atoms with Crippen LogP contribution in [0.1, 0.15) is 42.2 Å². The van der Waals surface area contributed by atoms with E-state index in [-0.39, 0.29) is 40.4 Å². The molecule has 3 rings (SSSR count). The van der Waals surface area contributed by atoms with Crippen LogP contribution in [0, 0.1) is 0 Å². The molecule has 5 heteroatoms. The molecule has 1 N–H and O–H groups in total. The number of aromatic carboxylic acids is 1. The summed E-state index contributed by atoms with van der Waals surface area (Å²) in [5.74, 6) is -1.94. The van der Waals surface area contributed by atoms with Crippen molar-refractivity contribution in [2.24, 2.45) is 0 Å². The molecule has 0 fully saturated rings. The number of ketones is 2. The van der Waals surface area contributed by atoms with Gasteiger partial charge in [0.25, 0.3) is 0 Å². The van der Waals surface area contributed by atoms with E-state index in [2.05, 4.69) is 0 Å². The first kappa shape index (κ1) is 14.0. The Morgan fingerprint density at radius 3 is 1.95 bits per heavy atom. The van der Waals surface area contributed by atoms with Crippen LogP contribution in [-0.2, 0) is 0 Å². The fourth-order valence-electron chi connectivity index (χ4n) is 2.32. The van der Waals surface area contributed by atoms with Gasteiger partial charge in [-0.15, -0.1) is 12.4 Å². The summed E-state index contributed by atoms with van der Waals surface area (Å²) in [4.78, 5) is 35.8. The van der Waals surface area contributed by atoms with Crippen LogP contribution in [0.5, 0.6) is 0 Å². The number of carbonyl (C=O) groups excluding carboxylic acids is 2. The Bertz CT molecular complexity index is 749. The number of carbonyl (C=O) groups is 3. The Balaban J connectivity index is 0.00000147. The van der Waals surface area contributed by atoms with Crippen LogP contribution in [0.4, 0.5) is 0 Å². The van der Waals surface area contributed by atoms with E-state index in [4.69, 9.17) is 5.11 Å². The zero-order chi connectivity index (χ0) is 13.6. The highest BCUT2D eigenvalue weighted by atomic mass is 35.5. The van der Waals surface area contributed by atoms with Crippen molar-refractivity contribution in [1.82, 2.24) is 0 Å². The van der Waals surface area contributed by atoms with Crippen LogP contribution in [0.25, 0.3) is 0 Å². The molecule has 4 nitrogen and oxygen atoms in total. The third-order valence-corrected chi connectivity index (χ3v) is 3.18. The largest absolute Gasteiger partial charge is 0.478 e. The van der Waals surface area contributed by atoms with Crippen molar-refractivity contribution < 1.29 is 19.5 Å².